The van der Waals surface area contributed by atoms with Gasteiger partial charge >= 0.3 is 0 Å². The van der Waals surface area contributed by atoms with Gasteiger partial charge in [0.25, 0.3) is 0 Å². The quantitative estimate of drug-likeness (QED) is 0.812. The summed E-state index contributed by atoms with van der Waals surface area (Å²) in [7, 11) is 0. The van der Waals surface area contributed by atoms with Gasteiger partial charge in [-0.2, -0.15) is 0 Å². The number of rotatable bonds is 4. The zero-order chi connectivity index (χ0) is 17.4. The van der Waals surface area contributed by atoms with E-state index in [0.717, 1.165) is 24.8 Å². The molecule has 1 N–H and O–H groups in total. The fraction of sp³-hybridized carbons (Fsp3) is 0.409. The average Bonchev–Trinajstić information content (AvgIpc) is 3.39. The molecule has 1 atom stereocenters. The van der Waals surface area contributed by atoms with Gasteiger partial charge < -0.3 is 9.88 Å². The number of aromatic nitrogens is 1. The Labute approximate surface area is 149 Å². The molecular weight excluding hydrogens is 308 g/mol. The Kier molecular flexibility index (Phi) is 4.24. The van der Waals surface area contributed by atoms with Crippen molar-refractivity contribution >= 4 is 12.0 Å². The molecule has 0 spiro atoms. The molecule has 3 heteroatoms. The second kappa shape index (κ2) is 6.55. The third-order valence-electron chi connectivity index (χ3n) is 5.54. The van der Waals surface area contributed by atoms with Crippen LogP contribution in [-0.2, 0) is 11.2 Å². The van der Waals surface area contributed by atoms with E-state index in [-0.39, 0.29) is 11.9 Å². The van der Waals surface area contributed by atoms with Crippen LogP contribution in [0.25, 0.3) is 6.08 Å². The molecule has 1 heterocycles. The summed E-state index contributed by atoms with van der Waals surface area (Å²) >= 11 is 0. The van der Waals surface area contributed by atoms with Gasteiger partial charge in [0.1, 0.15) is 0 Å². The topological polar surface area (TPSA) is 34.0 Å². The van der Waals surface area contributed by atoms with Crippen LogP contribution in [0.2, 0.25) is 0 Å². The number of nitrogens with one attached hydrogen (secondary N) is 1. The van der Waals surface area contributed by atoms with E-state index >= 15 is 0 Å². The molecule has 0 aliphatic heterocycles. The van der Waals surface area contributed by atoms with E-state index in [2.05, 4.69) is 54.1 Å². The van der Waals surface area contributed by atoms with Crippen molar-refractivity contribution in [3.8, 4) is 0 Å². The third-order valence-corrected chi connectivity index (χ3v) is 5.54. The third kappa shape index (κ3) is 3.28. The van der Waals surface area contributed by atoms with Crippen LogP contribution in [0.3, 0.4) is 0 Å². The summed E-state index contributed by atoms with van der Waals surface area (Å²) in [6.07, 6.45) is 9.48. The van der Waals surface area contributed by atoms with Crippen LogP contribution in [-0.4, -0.2) is 10.5 Å². The molecule has 0 bridgehead atoms. The number of nitrogens with zero attached hydrogens (tertiary/aromatic N) is 1. The van der Waals surface area contributed by atoms with Crippen molar-refractivity contribution < 1.29 is 4.79 Å². The van der Waals surface area contributed by atoms with E-state index < -0.39 is 0 Å². The molecule has 4 rings (SSSR count). The van der Waals surface area contributed by atoms with E-state index in [1.807, 2.05) is 6.08 Å². The molecule has 1 saturated carbocycles. The van der Waals surface area contributed by atoms with Gasteiger partial charge in [0, 0.05) is 23.5 Å². The highest BCUT2D eigenvalue weighted by Gasteiger charge is 2.26. The lowest BCUT2D eigenvalue weighted by Crippen LogP contribution is -2.29. The molecule has 0 radical (unpaired) electrons. The summed E-state index contributed by atoms with van der Waals surface area (Å²) in [6, 6.07) is 11.5. The van der Waals surface area contributed by atoms with Crippen molar-refractivity contribution in [1.29, 1.82) is 0 Å². The van der Waals surface area contributed by atoms with Crippen molar-refractivity contribution in [2.24, 2.45) is 0 Å². The molecule has 2 aliphatic carbocycles. The normalized spacial score (nSPS) is 19.8. The number of amides is 1. The van der Waals surface area contributed by atoms with Crippen LogP contribution < -0.4 is 5.32 Å². The van der Waals surface area contributed by atoms with E-state index in [1.54, 1.807) is 6.08 Å². The number of hydrogen-bond donors (Lipinski definition) is 1. The fourth-order valence-electron chi connectivity index (χ4n) is 4.16. The van der Waals surface area contributed by atoms with Crippen LogP contribution in [0.15, 0.2) is 36.4 Å². The lowest BCUT2D eigenvalue weighted by atomic mass is 9.88. The van der Waals surface area contributed by atoms with Gasteiger partial charge in [-0.25, -0.2) is 0 Å². The summed E-state index contributed by atoms with van der Waals surface area (Å²) in [5.74, 6) is -0.00192. The molecule has 3 nitrogen and oxygen atoms in total. The van der Waals surface area contributed by atoms with Gasteiger partial charge in [-0.05, 0) is 74.8 Å². The predicted octanol–water partition coefficient (Wildman–Crippen LogP) is 4.65. The first kappa shape index (κ1) is 16.2. The summed E-state index contributed by atoms with van der Waals surface area (Å²) in [4.78, 5) is 12.4. The number of hydrogen-bond acceptors (Lipinski definition) is 1. The monoisotopic (exact) mass is 334 g/mol. The van der Waals surface area contributed by atoms with Crippen molar-refractivity contribution in [2.75, 3.05) is 0 Å². The Morgan fingerprint density at radius 2 is 2.00 bits per heavy atom. The SMILES string of the molecule is Cc1cc(/C=C/C(=O)N[C@@H]2CCCc3ccccc32)c(C)n1C1CC1. The molecule has 1 aromatic heterocycles. The number of carbonyl (C=O) groups excluding carboxylic acids is 1. The smallest absolute Gasteiger partial charge is 0.244 e. The molecule has 1 fully saturated rings. The molecule has 1 amide bonds. The van der Waals surface area contributed by atoms with Gasteiger partial charge in [0.05, 0.1) is 6.04 Å². The summed E-state index contributed by atoms with van der Waals surface area (Å²) in [6.45, 7) is 4.31. The number of benzene rings is 1. The number of aryl methyl sites for hydroxylation is 2. The summed E-state index contributed by atoms with van der Waals surface area (Å²) in [5, 5.41) is 3.19. The van der Waals surface area contributed by atoms with E-state index in [4.69, 9.17) is 0 Å². The maximum absolute atomic E-state index is 12.4. The van der Waals surface area contributed by atoms with Crippen LogP contribution in [0.5, 0.6) is 0 Å². The average molecular weight is 334 g/mol. The van der Waals surface area contributed by atoms with Crippen LogP contribution >= 0.6 is 0 Å². The van der Waals surface area contributed by atoms with Crippen molar-refractivity contribution in [2.45, 2.75) is 58.0 Å². The van der Waals surface area contributed by atoms with Gasteiger partial charge in [-0.1, -0.05) is 24.3 Å². The Morgan fingerprint density at radius 3 is 2.80 bits per heavy atom. The number of carbonyl (C=O) groups is 1. The van der Waals surface area contributed by atoms with E-state index in [0.29, 0.717) is 6.04 Å². The summed E-state index contributed by atoms with van der Waals surface area (Å²) in [5.41, 5.74) is 6.37. The minimum atomic E-state index is -0.00192. The van der Waals surface area contributed by atoms with Crippen LogP contribution in [0, 0.1) is 13.8 Å². The molecule has 25 heavy (non-hydrogen) atoms. The van der Waals surface area contributed by atoms with Gasteiger partial charge in [0.15, 0.2) is 0 Å². The zero-order valence-electron chi connectivity index (χ0n) is 15.1. The van der Waals surface area contributed by atoms with Crippen LogP contribution in [0.1, 0.15) is 65.8 Å². The Balaban J connectivity index is 1.46. The standard InChI is InChI=1S/C22H26N2O/c1-15-14-18(16(2)24(15)19-11-12-19)10-13-22(25)23-21-9-5-7-17-6-3-4-8-20(17)21/h3-4,6,8,10,13-14,19,21H,5,7,9,11-12H2,1-2H3,(H,23,25)/b13-10+/t21-/m1/s1. The molecule has 130 valence electrons. The van der Waals surface area contributed by atoms with Gasteiger partial charge in [-0.15, -0.1) is 0 Å². The van der Waals surface area contributed by atoms with Crippen LogP contribution in [0.4, 0.5) is 0 Å². The molecule has 1 aromatic carbocycles. The highest BCUT2D eigenvalue weighted by molar-refractivity contribution is 5.92. The fourth-order valence-corrected chi connectivity index (χ4v) is 4.16. The molecular formula is C22H26N2O. The zero-order valence-corrected chi connectivity index (χ0v) is 15.1. The Hall–Kier alpha value is -2.29. The summed E-state index contributed by atoms with van der Waals surface area (Å²) < 4.78 is 2.41. The van der Waals surface area contributed by atoms with E-state index in [1.165, 1.54) is 35.4 Å². The van der Waals surface area contributed by atoms with Gasteiger partial charge in [-0.3, -0.25) is 4.79 Å². The molecule has 2 aliphatic rings. The second-order valence-electron chi connectivity index (χ2n) is 7.41. The lowest BCUT2D eigenvalue weighted by molar-refractivity contribution is -0.117. The van der Waals surface area contributed by atoms with Gasteiger partial charge in [0.2, 0.25) is 5.91 Å². The largest absolute Gasteiger partial charge is 0.346 e. The Morgan fingerprint density at radius 1 is 1.20 bits per heavy atom. The Bertz CT molecular complexity index is 827. The molecule has 0 unspecified atom stereocenters. The minimum Gasteiger partial charge on any atom is -0.346 e. The van der Waals surface area contributed by atoms with Crippen molar-refractivity contribution in [3.05, 3.63) is 64.5 Å². The molecule has 2 aromatic rings. The first-order valence-electron chi connectivity index (χ1n) is 9.38. The maximum atomic E-state index is 12.4. The maximum Gasteiger partial charge on any atom is 0.244 e. The first-order chi connectivity index (χ1) is 12.1. The number of fused-ring (bicyclic) bond motifs is 1. The van der Waals surface area contributed by atoms with E-state index in [9.17, 15) is 4.79 Å². The highest BCUT2D eigenvalue weighted by Crippen LogP contribution is 2.38. The van der Waals surface area contributed by atoms with Crippen molar-refractivity contribution in [3.63, 3.8) is 0 Å². The minimum absolute atomic E-state index is 0.00192. The molecule has 0 saturated heterocycles. The second-order valence-corrected chi connectivity index (χ2v) is 7.41. The van der Waals surface area contributed by atoms with Crippen molar-refractivity contribution in [1.82, 2.24) is 9.88 Å². The lowest BCUT2D eigenvalue weighted by Gasteiger charge is -2.25. The predicted molar refractivity (Wildman–Crippen MR) is 101 cm³/mol. The highest BCUT2D eigenvalue weighted by atomic mass is 16.1. The first-order valence-corrected chi connectivity index (χ1v) is 9.38.